The smallest absolute Gasteiger partial charge is 0.0632 e. The van der Waals surface area contributed by atoms with Gasteiger partial charge in [0.1, 0.15) is 0 Å². The molecule has 0 saturated carbocycles. The molecule has 1 unspecified atom stereocenters. The molecule has 2 N–H and O–H groups in total. The summed E-state index contributed by atoms with van der Waals surface area (Å²) in [7, 11) is 1.89. The van der Waals surface area contributed by atoms with Crippen LogP contribution in [0.4, 0.5) is 0 Å². The second kappa shape index (κ2) is 6.37. The van der Waals surface area contributed by atoms with E-state index in [1.165, 1.54) is 0 Å². The Balaban J connectivity index is 2.21. The fourth-order valence-electron chi connectivity index (χ4n) is 1.53. The van der Waals surface area contributed by atoms with Crippen molar-refractivity contribution in [2.24, 2.45) is 0 Å². The Bertz CT molecular complexity index is 310. The molecule has 1 aromatic heterocycles. The summed E-state index contributed by atoms with van der Waals surface area (Å²) in [5, 5.41) is 16.6. The minimum Gasteiger partial charge on any atom is -0.394 e. The van der Waals surface area contributed by atoms with Crippen LogP contribution in [0.25, 0.3) is 0 Å². The van der Waals surface area contributed by atoms with Crippen molar-refractivity contribution in [2.75, 3.05) is 13.7 Å². The van der Waals surface area contributed by atoms with Crippen molar-refractivity contribution in [3.8, 4) is 0 Å². The number of unbranched alkanes of at least 4 members (excludes halogenated alkanes) is 1. The van der Waals surface area contributed by atoms with E-state index < -0.39 is 0 Å². The maximum atomic E-state index is 9.22. The summed E-state index contributed by atoms with van der Waals surface area (Å²) in [5.41, 5.74) is -0.148. The molecule has 0 aliphatic rings. The first-order valence-corrected chi connectivity index (χ1v) is 6.37. The monoisotopic (exact) mass is 289 g/mol. The lowest BCUT2D eigenvalue weighted by atomic mass is 9.96. The van der Waals surface area contributed by atoms with E-state index in [1.807, 2.05) is 24.9 Å². The standard InChI is InChI=1S/C11H20BrN3O/c1-11(9-16,13-2)5-3-4-6-15-8-10(12)7-14-15/h7-8,13,16H,3-6,9H2,1-2H3. The SMILES string of the molecule is CNC(C)(CO)CCCCn1cc(Br)cn1. The van der Waals surface area contributed by atoms with Crippen molar-refractivity contribution in [1.82, 2.24) is 15.1 Å². The van der Waals surface area contributed by atoms with Gasteiger partial charge < -0.3 is 10.4 Å². The van der Waals surface area contributed by atoms with E-state index in [4.69, 9.17) is 0 Å². The van der Waals surface area contributed by atoms with Crippen LogP contribution in [0.1, 0.15) is 26.2 Å². The topological polar surface area (TPSA) is 50.1 Å². The molecular formula is C11H20BrN3O. The highest BCUT2D eigenvalue weighted by molar-refractivity contribution is 9.10. The summed E-state index contributed by atoms with van der Waals surface area (Å²) < 4.78 is 2.95. The highest BCUT2D eigenvalue weighted by Crippen LogP contribution is 2.13. The fourth-order valence-corrected chi connectivity index (χ4v) is 1.86. The van der Waals surface area contributed by atoms with E-state index in [1.54, 1.807) is 6.20 Å². The summed E-state index contributed by atoms with van der Waals surface area (Å²) in [4.78, 5) is 0. The summed E-state index contributed by atoms with van der Waals surface area (Å²) in [6, 6.07) is 0. The number of hydrogen-bond donors (Lipinski definition) is 2. The largest absolute Gasteiger partial charge is 0.394 e. The van der Waals surface area contributed by atoms with Gasteiger partial charge in [0.2, 0.25) is 0 Å². The number of nitrogens with one attached hydrogen (secondary N) is 1. The van der Waals surface area contributed by atoms with Crippen molar-refractivity contribution in [3.05, 3.63) is 16.9 Å². The molecule has 0 spiro atoms. The Labute approximate surface area is 105 Å². The predicted octanol–water partition coefficient (Wildman–Crippen LogP) is 1.79. The second-order valence-electron chi connectivity index (χ2n) is 4.35. The van der Waals surface area contributed by atoms with Crippen molar-refractivity contribution in [2.45, 2.75) is 38.3 Å². The van der Waals surface area contributed by atoms with Crippen LogP contribution in [0.2, 0.25) is 0 Å². The number of rotatable bonds is 7. The van der Waals surface area contributed by atoms with Gasteiger partial charge in [-0.1, -0.05) is 0 Å². The van der Waals surface area contributed by atoms with Gasteiger partial charge in [-0.2, -0.15) is 5.10 Å². The number of hydrogen-bond acceptors (Lipinski definition) is 3. The van der Waals surface area contributed by atoms with Crippen LogP contribution in [0.15, 0.2) is 16.9 Å². The molecule has 1 atom stereocenters. The van der Waals surface area contributed by atoms with E-state index in [0.29, 0.717) is 0 Å². The molecule has 4 nitrogen and oxygen atoms in total. The molecule has 0 aliphatic carbocycles. The molecule has 0 saturated heterocycles. The third-order valence-corrected chi connectivity index (χ3v) is 3.33. The van der Waals surface area contributed by atoms with Gasteiger partial charge in [0, 0.05) is 18.3 Å². The average Bonchev–Trinajstić information content (AvgIpc) is 2.70. The van der Waals surface area contributed by atoms with Crippen molar-refractivity contribution < 1.29 is 5.11 Å². The van der Waals surface area contributed by atoms with Crippen LogP contribution in [-0.2, 0) is 6.54 Å². The Morgan fingerprint density at radius 2 is 2.31 bits per heavy atom. The zero-order valence-corrected chi connectivity index (χ0v) is 11.5. The lowest BCUT2D eigenvalue weighted by Crippen LogP contribution is -2.43. The maximum absolute atomic E-state index is 9.22. The molecule has 1 aromatic rings. The molecule has 0 radical (unpaired) electrons. The normalized spacial score (nSPS) is 15.0. The van der Waals surface area contributed by atoms with Gasteiger partial charge in [-0.15, -0.1) is 0 Å². The van der Waals surface area contributed by atoms with Gasteiger partial charge in [0.25, 0.3) is 0 Å². The quantitative estimate of drug-likeness (QED) is 0.753. The third-order valence-electron chi connectivity index (χ3n) is 2.92. The van der Waals surface area contributed by atoms with Gasteiger partial charge >= 0.3 is 0 Å². The number of aliphatic hydroxyl groups is 1. The highest BCUT2D eigenvalue weighted by atomic mass is 79.9. The first kappa shape index (κ1) is 13.7. The first-order chi connectivity index (χ1) is 7.59. The van der Waals surface area contributed by atoms with E-state index in [-0.39, 0.29) is 12.1 Å². The summed E-state index contributed by atoms with van der Waals surface area (Å²) >= 11 is 3.37. The highest BCUT2D eigenvalue weighted by Gasteiger charge is 2.19. The van der Waals surface area contributed by atoms with Crippen LogP contribution in [-0.4, -0.2) is 34.1 Å². The Morgan fingerprint density at radius 3 is 2.81 bits per heavy atom. The molecular weight excluding hydrogens is 270 g/mol. The van der Waals surface area contributed by atoms with E-state index in [9.17, 15) is 5.11 Å². The number of aryl methyl sites for hydroxylation is 1. The van der Waals surface area contributed by atoms with E-state index in [0.717, 1.165) is 30.3 Å². The Kier molecular flexibility index (Phi) is 5.44. The molecule has 1 heterocycles. The van der Waals surface area contributed by atoms with E-state index >= 15 is 0 Å². The molecule has 0 fully saturated rings. The molecule has 0 amide bonds. The molecule has 0 bridgehead atoms. The third kappa shape index (κ3) is 4.23. The lowest BCUT2D eigenvalue weighted by molar-refractivity contribution is 0.170. The summed E-state index contributed by atoms with van der Waals surface area (Å²) in [6.07, 6.45) is 6.90. The number of aromatic nitrogens is 2. The molecule has 0 aromatic carbocycles. The van der Waals surface area contributed by atoms with Crippen molar-refractivity contribution in [3.63, 3.8) is 0 Å². The predicted molar refractivity (Wildman–Crippen MR) is 68.3 cm³/mol. The van der Waals surface area contributed by atoms with Crippen LogP contribution >= 0.6 is 15.9 Å². The van der Waals surface area contributed by atoms with Crippen LogP contribution in [0.3, 0.4) is 0 Å². The zero-order valence-electron chi connectivity index (χ0n) is 9.91. The number of nitrogens with zero attached hydrogens (tertiary/aromatic N) is 2. The summed E-state index contributed by atoms with van der Waals surface area (Å²) in [5.74, 6) is 0. The van der Waals surface area contributed by atoms with E-state index in [2.05, 4.69) is 26.3 Å². The minimum atomic E-state index is -0.148. The van der Waals surface area contributed by atoms with Crippen molar-refractivity contribution >= 4 is 15.9 Å². The van der Waals surface area contributed by atoms with Crippen molar-refractivity contribution in [1.29, 1.82) is 0 Å². The number of halogens is 1. The molecule has 5 heteroatoms. The minimum absolute atomic E-state index is 0.148. The maximum Gasteiger partial charge on any atom is 0.0632 e. The molecule has 16 heavy (non-hydrogen) atoms. The Morgan fingerprint density at radius 1 is 1.56 bits per heavy atom. The molecule has 92 valence electrons. The Hall–Kier alpha value is -0.390. The zero-order chi connectivity index (χ0) is 12.0. The van der Waals surface area contributed by atoms with Gasteiger partial charge in [-0.3, -0.25) is 4.68 Å². The van der Waals surface area contributed by atoms with Crippen LogP contribution in [0, 0.1) is 0 Å². The number of aliphatic hydroxyl groups excluding tert-OH is 1. The van der Waals surface area contributed by atoms with Gasteiger partial charge in [-0.05, 0) is 49.2 Å². The number of likely N-dealkylation sites (N-methyl/N-ethyl adjacent to an activating group) is 1. The molecule has 0 aliphatic heterocycles. The van der Waals surface area contributed by atoms with Gasteiger partial charge in [0.05, 0.1) is 17.3 Å². The fraction of sp³-hybridized carbons (Fsp3) is 0.727. The van der Waals surface area contributed by atoms with Crippen LogP contribution in [0.5, 0.6) is 0 Å². The summed E-state index contributed by atoms with van der Waals surface area (Å²) in [6.45, 7) is 3.14. The average molecular weight is 290 g/mol. The van der Waals surface area contributed by atoms with Crippen LogP contribution < -0.4 is 5.32 Å². The first-order valence-electron chi connectivity index (χ1n) is 5.57. The van der Waals surface area contributed by atoms with Gasteiger partial charge in [0.15, 0.2) is 0 Å². The van der Waals surface area contributed by atoms with Gasteiger partial charge in [-0.25, -0.2) is 0 Å². The molecule has 1 rings (SSSR count). The lowest BCUT2D eigenvalue weighted by Gasteiger charge is -2.26. The second-order valence-corrected chi connectivity index (χ2v) is 5.26.